The standard InChI is InChI=1S/C31H35ClFN7O/c1-7-25(41)38-12-13-39(20(6)15-38)30-22-14-23(32)28(21-10-8-9-11-24(21)33)37-31(22)40(17-36-30)29-26(18(2)3)34-16-35-27(29)19(4)5/h7-11,14,16,18-20H,1,12-13,15,17H2,2-6H3. The number of benzene rings is 1. The summed E-state index contributed by atoms with van der Waals surface area (Å²) in [6.45, 7) is 16.0. The van der Waals surface area contributed by atoms with E-state index in [1.807, 2.05) is 11.0 Å². The fraction of sp³-hybridized carbons (Fsp3) is 0.387. The highest BCUT2D eigenvalue weighted by atomic mass is 35.5. The Hall–Kier alpha value is -3.85. The van der Waals surface area contributed by atoms with Crippen molar-refractivity contribution in [2.45, 2.75) is 52.5 Å². The summed E-state index contributed by atoms with van der Waals surface area (Å²) in [7, 11) is 0. The van der Waals surface area contributed by atoms with Gasteiger partial charge in [0.25, 0.3) is 0 Å². The van der Waals surface area contributed by atoms with Crippen molar-refractivity contribution in [2.24, 2.45) is 4.99 Å². The summed E-state index contributed by atoms with van der Waals surface area (Å²) in [5, 5.41) is 0.328. The van der Waals surface area contributed by atoms with E-state index in [2.05, 4.69) is 56.1 Å². The number of amides is 1. The highest BCUT2D eigenvalue weighted by Gasteiger charge is 2.35. The van der Waals surface area contributed by atoms with Gasteiger partial charge in [-0.1, -0.05) is 58.0 Å². The molecule has 10 heteroatoms. The Bertz CT molecular complexity index is 1500. The molecule has 2 aromatic heterocycles. The molecule has 4 heterocycles. The predicted molar refractivity (Wildman–Crippen MR) is 161 cm³/mol. The number of hydrogen-bond donors (Lipinski definition) is 0. The van der Waals surface area contributed by atoms with E-state index in [1.54, 1.807) is 29.4 Å². The van der Waals surface area contributed by atoms with Gasteiger partial charge in [-0.2, -0.15) is 0 Å². The van der Waals surface area contributed by atoms with Gasteiger partial charge in [-0.05, 0) is 43.0 Å². The van der Waals surface area contributed by atoms with Crippen LogP contribution in [0.4, 0.5) is 15.9 Å². The van der Waals surface area contributed by atoms with Gasteiger partial charge in [0.1, 0.15) is 30.5 Å². The molecule has 0 aliphatic carbocycles. The van der Waals surface area contributed by atoms with Crippen LogP contribution in [-0.2, 0) is 4.79 Å². The molecule has 0 spiro atoms. The summed E-state index contributed by atoms with van der Waals surface area (Å²) in [4.78, 5) is 37.8. The van der Waals surface area contributed by atoms with Crippen molar-refractivity contribution >= 4 is 34.8 Å². The summed E-state index contributed by atoms with van der Waals surface area (Å²) in [5.41, 5.74) is 4.07. The third kappa shape index (κ3) is 5.30. The van der Waals surface area contributed by atoms with Crippen molar-refractivity contribution in [3.8, 4) is 11.3 Å². The Morgan fingerprint density at radius 1 is 1.10 bits per heavy atom. The van der Waals surface area contributed by atoms with Crippen LogP contribution in [0.2, 0.25) is 5.02 Å². The first kappa shape index (κ1) is 28.7. The molecule has 1 unspecified atom stereocenters. The second kappa shape index (κ2) is 11.6. The van der Waals surface area contributed by atoms with Crippen molar-refractivity contribution in [1.82, 2.24) is 24.8 Å². The van der Waals surface area contributed by atoms with Crippen LogP contribution in [0.25, 0.3) is 11.3 Å². The van der Waals surface area contributed by atoms with Crippen LogP contribution in [-0.4, -0.2) is 68.8 Å². The summed E-state index contributed by atoms with van der Waals surface area (Å²) < 4.78 is 15.0. The molecule has 0 saturated carbocycles. The Balaban J connectivity index is 1.69. The Morgan fingerprint density at radius 3 is 2.39 bits per heavy atom. The fourth-order valence-corrected chi connectivity index (χ4v) is 5.79. The zero-order valence-corrected chi connectivity index (χ0v) is 24.9. The third-order valence-electron chi connectivity index (χ3n) is 7.57. The normalized spacial score (nSPS) is 17.1. The van der Waals surface area contributed by atoms with E-state index in [1.165, 1.54) is 12.1 Å². The number of nitrogens with zero attached hydrogens (tertiary/aromatic N) is 7. The molecule has 1 amide bonds. The first-order chi connectivity index (χ1) is 19.6. The molecule has 0 bridgehead atoms. The molecule has 1 atom stereocenters. The molecule has 1 aromatic carbocycles. The molecule has 214 valence electrons. The summed E-state index contributed by atoms with van der Waals surface area (Å²) >= 11 is 6.84. The summed E-state index contributed by atoms with van der Waals surface area (Å²) in [6, 6.07) is 8.32. The maximum Gasteiger partial charge on any atom is 0.246 e. The molecule has 2 aliphatic heterocycles. The Morgan fingerprint density at radius 2 is 1.78 bits per heavy atom. The lowest BCUT2D eigenvalue weighted by molar-refractivity contribution is -0.128. The smallest absolute Gasteiger partial charge is 0.246 e. The maximum absolute atomic E-state index is 15.0. The first-order valence-electron chi connectivity index (χ1n) is 13.9. The van der Waals surface area contributed by atoms with Crippen molar-refractivity contribution in [2.75, 3.05) is 31.2 Å². The van der Waals surface area contributed by atoms with E-state index in [9.17, 15) is 9.18 Å². The quantitative estimate of drug-likeness (QED) is 0.339. The third-order valence-corrected chi connectivity index (χ3v) is 7.86. The van der Waals surface area contributed by atoms with Crippen molar-refractivity contribution in [1.29, 1.82) is 0 Å². The summed E-state index contributed by atoms with van der Waals surface area (Å²) in [5.74, 6) is 1.12. The number of rotatable bonds is 5. The molecule has 1 saturated heterocycles. The zero-order valence-electron chi connectivity index (χ0n) is 24.1. The topological polar surface area (TPSA) is 77.8 Å². The minimum absolute atomic E-state index is 0.00618. The van der Waals surface area contributed by atoms with Gasteiger partial charge in [-0.25, -0.2) is 24.3 Å². The molecule has 3 aromatic rings. The Kier molecular flexibility index (Phi) is 8.09. The van der Waals surface area contributed by atoms with Crippen LogP contribution in [0.1, 0.15) is 63.4 Å². The lowest BCUT2D eigenvalue weighted by Gasteiger charge is -2.43. The van der Waals surface area contributed by atoms with E-state index in [-0.39, 0.29) is 30.5 Å². The van der Waals surface area contributed by atoms with Crippen LogP contribution in [0, 0.1) is 5.82 Å². The monoisotopic (exact) mass is 575 g/mol. The molecule has 8 nitrogen and oxygen atoms in total. The van der Waals surface area contributed by atoms with Gasteiger partial charge in [0.15, 0.2) is 0 Å². The van der Waals surface area contributed by atoms with Gasteiger partial charge < -0.3 is 14.7 Å². The van der Waals surface area contributed by atoms with Crippen LogP contribution < -0.4 is 4.90 Å². The molecule has 1 fully saturated rings. The number of piperazine rings is 1. The highest BCUT2D eigenvalue weighted by Crippen LogP contribution is 2.42. The van der Waals surface area contributed by atoms with E-state index < -0.39 is 5.82 Å². The summed E-state index contributed by atoms with van der Waals surface area (Å²) in [6.07, 6.45) is 2.96. The lowest BCUT2D eigenvalue weighted by Crippen LogP contribution is -2.56. The van der Waals surface area contributed by atoms with E-state index in [0.29, 0.717) is 41.7 Å². The minimum Gasteiger partial charge on any atom is -0.350 e. The number of hydrogen-bond acceptors (Lipinski definition) is 7. The Labute approximate surface area is 245 Å². The zero-order chi connectivity index (χ0) is 29.4. The largest absolute Gasteiger partial charge is 0.350 e. The van der Waals surface area contributed by atoms with Crippen LogP contribution in [0.3, 0.4) is 0 Å². The molecule has 0 radical (unpaired) electrons. The number of pyridine rings is 1. The number of halogens is 2. The number of amidine groups is 1. The molecule has 2 aliphatic rings. The average molecular weight is 576 g/mol. The highest BCUT2D eigenvalue weighted by molar-refractivity contribution is 6.33. The molecule has 5 rings (SSSR count). The van der Waals surface area contributed by atoms with Gasteiger partial charge in [-0.15, -0.1) is 0 Å². The maximum atomic E-state index is 15.0. The van der Waals surface area contributed by atoms with Crippen molar-refractivity contribution < 1.29 is 9.18 Å². The van der Waals surface area contributed by atoms with Crippen LogP contribution >= 0.6 is 11.6 Å². The number of fused-ring (bicyclic) bond motifs is 1. The number of anilines is 2. The van der Waals surface area contributed by atoms with Crippen molar-refractivity contribution in [3.05, 3.63) is 77.1 Å². The number of carbonyl (C=O) groups excluding carboxylic acids is 1. The SMILES string of the molecule is C=CC(=O)N1CCN(C2=NCN(c3c(C(C)C)ncnc3C(C)C)c3nc(-c4ccccc4F)c(Cl)cc32)C(C)C1. The molecule has 41 heavy (non-hydrogen) atoms. The average Bonchev–Trinajstić information content (AvgIpc) is 2.96. The van der Waals surface area contributed by atoms with E-state index in [0.717, 1.165) is 28.5 Å². The van der Waals surface area contributed by atoms with Gasteiger partial charge >= 0.3 is 0 Å². The first-order valence-corrected chi connectivity index (χ1v) is 14.3. The molecular weight excluding hydrogens is 541 g/mol. The number of carbonyl (C=O) groups is 1. The second-order valence-corrected chi connectivity index (χ2v) is 11.5. The van der Waals surface area contributed by atoms with Crippen LogP contribution in [0.5, 0.6) is 0 Å². The van der Waals surface area contributed by atoms with Gasteiger partial charge in [0.05, 0.1) is 33.4 Å². The van der Waals surface area contributed by atoms with E-state index in [4.69, 9.17) is 21.6 Å². The molecule has 0 N–H and O–H groups in total. The van der Waals surface area contributed by atoms with Crippen LogP contribution in [0.15, 0.2) is 54.3 Å². The van der Waals surface area contributed by atoms with Gasteiger partial charge in [0, 0.05) is 31.2 Å². The fourth-order valence-electron chi connectivity index (χ4n) is 5.53. The van der Waals surface area contributed by atoms with Gasteiger partial charge in [0.2, 0.25) is 5.91 Å². The van der Waals surface area contributed by atoms with Gasteiger partial charge in [-0.3, -0.25) is 4.79 Å². The van der Waals surface area contributed by atoms with E-state index >= 15 is 0 Å². The number of aromatic nitrogens is 3. The second-order valence-electron chi connectivity index (χ2n) is 11.1. The lowest BCUT2D eigenvalue weighted by atomic mass is 9.99. The van der Waals surface area contributed by atoms with Crippen molar-refractivity contribution in [3.63, 3.8) is 0 Å². The minimum atomic E-state index is -0.400. The number of aliphatic imine (C=N–C) groups is 1. The molecular formula is C31H35ClFN7O. The predicted octanol–water partition coefficient (Wildman–Crippen LogP) is 6.15.